The quantitative estimate of drug-likeness (QED) is 0.491. The highest BCUT2D eigenvalue weighted by atomic mass is 35.5. The molecule has 0 aromatic heterocycles. The summed E-state index contributed by atoms with van der Waals surface area (Å²) in [5.74, 6) is 0. The number of fused-ring (bicyclic) bond motifs is 1. The normalized spacial score (nSPS) is 22.3. The van der Waals surface area contributed by atoms with E-state index in [0.29, 0.717) is 0 Å². The largest absolute Gasteiger partial charge is 0.653 e. The Labute approximate surface area is 65.2 Å². The molecule has 1 N–H and O–H groups in total. The van der Waals surface area contributed by atoms with E-state index < -0.39 is 0 Å². The van der Waals surface area contributed by atoms with Crippen LogP contribution in [0.2, 0.25) is 0 Å². The van der Waals surface area contributed by atoms with E-state index in [1.807, 2.05) is 24.2 Å². The van der Waals surface area contributed by atoms with Crippen LogP contribution in [-0.4, -0.2) is 23.8 Å². The maximum Gasteiger partial charge on any atom is 0.653 e. The van der Waals surface area contributed by atoms with E-state index in [1.165, 1.54) is 0 Å². The van der Waals surface area contributed by atoms with E-state index in [4.69, 9.17) is 11.6 Å². The van der Waals surface area contributed by atoms with E-state index in [9.17, 15) is 0 Å². The summed E-state index contributed by atoms with van der Waals surface area (Å²) in [4.78, 5) is 0. The van der Waals surface area contributed by atoms with Crippen molar-refractivity contribution in [3.8, 4) is 0 Å². The van der Waals surface area contributed by atoms with Crippen LogP contribution in [0.4, 0.5) is 0 Å². The molecular formula is C6H6BClN2+. The fraction of sp³-hybridized carbons (Fsp3) is 0.167. The molecule has 10 heavy (non-hydrogen) atoms. The molecule has 0 unspecified atom stereocenters. The number of nitrogens with one attached hydrogen (secondary N) is 1. The zero-order valence-corrected chi connectivity index (χ0v) is 6.10. The van der Waals surface area contributed by atoms with Gasteiger partial charge in [0.1, 0.15) is 0 Å². The maximum atomic E-state index is 5.83. The molecular weight excluding hydrogens is 146 g/mol. The standard InChI is InChI=1S/C6H6BClN2/c8-6-2-1-5-3-4-9-7-10(5)6/h1-3,9H,4H2/q+1. The third-order valence-electron chi connectivity index (χ3n) is 1.55. The molecule has 2 aliphatic heterocycles. The molecule has 1 radical (unpaired) electrons. The summed E-state index contributed by atoms with van der Waals surface area (Å²) >= 11 is 5.83. The predicted molar refractivity (Wildman–Crippen MR) is 42.1 cm³/mol. The van der Waals surface area contributed by atoms with Crippen LogP contribution in [-0.2, 0) is 0 Å². The van der Waals surface area contributed by atoms with Crippen LogP contribution in [0.25, 0.3) is 0 Å². The molecule has 2 heterocycles. The minimum absolute atomic E-state index is 0.749. The Morgan fingerprint density at radius 2 is 2.50 bits per heavy atom. The minimum Gasteiger partial charge on any atom is -0.286 e. The molecule has 2 rings (SSSR count). The zero-order chi connectivity index (χ0) is 6.97. The van der Waals surface area contributed by atoms with Gasteiger partial charge in [-0.05, 0) is 17.7 Å². The molecule has 0 aromatic rings. The molecule has 0 bridgehead atoms. The van der Waals surface area contributed by atoms with Gasteiger partial charge < -0.3 is 0 Å². The van der Waals surface area contributed by atoms with Crippen molar-refractivity contribution in [3.05, 3.63) is 23.9 Å². The molecule has 0 aliphatic carbocycles. The minimum atomic E-state index is 0.749. The Morgan fingerprint density at radius 3 is 3.30 bits per heavy atom. The van der Waals surface area contributed by atoms with Crippen LogP contribution < -0.4 is 5.23 Å². The average Bonchev–Trinajstić information content (AvgIpc) is 2.34. The molecule has 2 aliphatic rings. The number of allylic oxidation sites excluding steroid dienone is 2. The summed E-state index contributed by atoms with van der Waals surface area (Å²) < 4.78 is 1.91. The monoisotopic (exact) mass is 152 g/mol. The number of rotatable bonds is 0. The Hall–Kier alpha value is -0.535. The first-order valence-electron chi connectivity index (χ1n) is 3.14. The molecule has 0 spiro atoms. The van der Waals surface area contributed by atoms with Crippen molar-refractivity contribution in [2.45, 2.75) is 0 Å². The Bertz CT molecular complexity index is 254. The molecule has 0 saturated heterocycles. The zero-order valence-electron chi connectivity index (χ0n) is 5.34. The first kappa shape index (κ1) is 6.19. The Balaban J connectivity index is 2.44. The SMILES string of the molecule is ClC1=[N+]2[B]NCC=C2C=C1. The van der Waals surface area contributed by atoms with Gasteiger partial charge in [0, 0.05) is 18.7 Å². The summed E-state index contributed by atoms with van der Waals surface area (Å²) in [6, 6.07) is 0. The van der Waals surface area contributed by atoms with Gasteiger partial charge >= 0.3 is 7.55 Å². The van der Waals surface area contributed by atoms with Gasteiger partial charge in [-0.3, -0.25) is 9.71 Å². The lowest BCUT2D eigenvalue weighted by Gasteiger charge is -2.03. The molecule has 4 heteroatoms. The van der Waals surface area contributed by atoms with E-state index in [-0.39, 0.29) is 0 Å². The van der Waals surface area contributed by atoms with E-state index in [0.717, 1.165) is 17.4 Å². The van der Waals surface area contributed by atoms with Gasteiger partial charge in [-0.25, -0.2) is 0 Å². The second kappa shape index (κ2) is 2.25. The number of halogens is 1. The second-order valence-electron chi connectivity index (χ2n) is 2.19. The fourth-order valence-electron chi connectivity index (χ4n) is 1.05. The number of nitrogens with zero attached hydrogens (tertiary/aromatic N) is 1. The molecule has 2 nitrogen and oxygen atoms in total. The molecule has 0 atom stereocenters. The third kappa shape index (κ3) is 0.823. The Kier molecular flexibility index (Phi) is 1.40. The van der Waals surface area contributed by atoms with Gasteiger partial charge in [-0.1, -0.05) is 0 Å². The average molecular weight is 152 g/mol. The van der Waals surface area contributed by atoms with Gasteiger partial charge in [0.2, 0.25) is 0 Å². The first-order valence-corrected chi connectivity index (χ1v) is 3.52. The third-order valence-corrected chi connectivity index (χ3v) is 1.86. The molecule has 0 fully saturated rings. The molecule has 49 valence electrons. The summed E-state index contributed by atoms with van der Waals surface area (Å²) in [6.07, 6.45) is 5.97. The Morgan fingerprint density at radius 1 is 1.60 bits per heavy atom. The van der Waals surface area contributed by atoms with Crippen LogP contribution in [0.15, 0.2) is 23.9 Å². The lowest BCUT2D eigenvalue weighted by atomic mass is 10.1. The molecule has 0 aromatic carbocycles. The summed E-state index contributed by atoms with van der Waals surface area (Å²) in [5.41, 5.74) is 1.16. The van der Waals surface area contributed by atoms with Crippen molar-refractivity contribution in [1.29, 1.82) is 0 Å². The van der Waals surface area contributed by atoms with Gasteiger partial charge in [0.15, 0.2) is 5.70 Å². The van der Waals surface area contributed by atoms with Crippen LogP contribution in [0.5, 0.6) is 0 Å². The van der Waals surface area contributed by atoms with Crippen molar-refractivity contribution < 1.29 is 4.49 Å². The van der Waals surface area contributed by atoms with Crippen molar-refractivity contribution >= 4 is 24.3 Å². The second-order valence-corrected chi connectivity index (χ2v) is 2.58. The van der Waals surface area contributed by atoms with E-state index >= 15 is 0 Å². The lowest BCUT2D eigenvalue weighted by Crippen LogP contribution is -2.35. The van der Waals surface area contributed by atoms with Crippen LogP contribution in [0, 0.1) is 0 Å². The predicted octanol–water partition coefficient (Wildman–Crippen LogP) is 0.227. The first-order chi connectivity index (χ1) is 4.88. The molecule has 0 saturated carbocycles. The van der Waals surface area contributed by atoms with Crippen LogP contribution in [0.3, 0.4) is 0 Å². The smallest absolute Gasteiger partial charge is 0.286 e. The van der Waals surface area contributed by atoms with Gasteiger partial charge in [0.25, 0.3) is 5.17 Å². The lowest BCUT2D eigenvalue weighted by molar-refractivity contribution is -0.312. The van der Waals surface area contributed by atoms with E-state index in [2.05, 4.69) is 11.3 Å². The van der Waals surface area contributed by atoms with Crippen LogP contribution in [0.1, 0.15) is 0 Å². The van der Waals surface area contributed by atoms with Crippen molar-refractivity contribution in [2.24, 2.45) is 0 Å². The number of hydrogen-bond donors (Lipinski definition) is 1. The highest BCUT2D eigenvalue weighted by molar-refractivity contribution is 6.68. The fourth-order valence-corrected chi connectivity index (χ4v) is 1.26. The van der Waals surface area contributed by atoms with Crippen molar-refractivity contribution in [2.75, 3.05) is 6.54 Å². The van der Waals surface area contributed by atoms with E-state index in [1.54, 1.807) is 0 Å². The molecule has 0 amide bonds. The van der Waals surface area contributed by atoms with Crippen molar-refractivity contribution in [3.63, 3.8) is 0 Å². The maximum absolute atomic E-state index is 5.83. The number of hydrogen-bond acceptors (Lipinski definition) is 1. The van der Waals surface area contributed by atoms with Gasteiger partial charge in [0.05, 0.1) is 0 Å². The summed E-state index contributed by atoms with van der Waals surface area (Å²) in [5, 5.41) is 3.81. The highest BCUT2D eigenvalue weighted by Crippen LogP contribution is 2.10. The summed E-state index contributed by atoms with van der Waals surface area (Å²) in [7, 11) is 1.87. The topological polar surface area (TPSA) is 15.0 Å². The van der Waals surface area contributed by atoms with Gasteiger partial charge in [-0.15, -0.1) is 0 Å². The van der Waals surface area contributed by atoms with Gasteiger partial charge in [-0.2, -0.15) is 0 Å². The van der Waals surface area contributed by atoms with Crippen LogP contribution >= 0.6 is 11.6 Å². The highest BCUT2D eigenvalue weighted by Gasteiger charge is 2.26. The van der Waals surface area contributed by atoms with Crippen molar-refractivity contribution in [1.82, 2.24) is 5.23 Å². The summed E-state index contributed by atoms with van der Waals surface area (Å²) in [6.45, 7) is 0.889.